The van der Waals surface area contributed by atoms with Crippen molar-refractivity contribution >= 4 is 29.1 Å². The molecule has 2 N–H and O–H groups in total. The van der Waals surface area contributed by atoms with E-state index in [0.29, 0.717) is 10.8 Å². The molecule has 0 spiro atoms. The highest BCUT2D eigenvalue weighted by Crippen LogP contribution is 2.34. The van der Waals surface area contributed by atoms with Gasteiger partial charge in [0.2, 0.25) is 0 Å². The second kappa shape index (κ2) is 5.63. The average Bonchev–Trinajstić information content (AvgIpc) is 2.38. The molecule has 2 rings (SSSR count). The molecule has 1 aromatic heterocycles. The van der Waals surface area contributed by atoms with E-state index in [-0.39, 0.29) is 0 Å². The summed E-state index contributed by atoms with van der Waals surface area (Å²) in [5.74, 6) is 0. The van der Waals surface area contributed by atoms with E-state index in [2.05, 4.69) is 30.3 Å². The Morgan fingerprint density at radius 1 is 1.33 bits per heavy atom. The van der Waals surface area contributed by atoms with E-state index in [4.69, 9.17) is 17.3 Å². The molecule has 0 aliphatic rings. The van der Waals surface area contributed by atoms with Crippen LogP contribution in [0.25, 0.3) is 11.3 Å². The molecule has 0 aliphatic carbocycles. The first-order chi connectivity index (χ1) is 8.67. The molecule has 4 heteroatoms. The Bertz CT molecular complexity index is 570. The zero-order valence-corrected chi connectivity index (χ0v) is 12.0. The highest BCUT2D eigenvalue weighted by molar-refractivity contribution is 7.98. The summed E-state index contributed by atoms with van der Waals surface area (Å²) in [6.45, 7) is 2.08. The van der Waals surface area contributed by atoms with E-state index < -0.39 is 0 Å². The summed E-state index contributed by atoms with van der Waals surface area (Å²) in [6, 6.07) is 9.88. The Morgan fingerprint density at radius 3 is 2.72 bits per heavy atom. The number of nitrogen functional groups attached to an aromatic ring is 1. The van der Waals surface area contributed by atoms with E-state index in [1.165, 1.54) is 4.90 Å². The molecule has 2 aromatic rings. The van der Waals surface area contributed by atoms with Gasteiger partial charge >= 0.3 is 0 Å². The Kier molecular flexibility index (Phi) is 4.15. The van der Waals surface area contributed by atoms with Gasteiger partial charge < -0.3 is 5.73 Å². The fourth-order valence-electron chi connectivity index (χ4n) is 1.99. The van der Waals surface area contributed by atoms with Crippen LogP contribution in [0, 0.1) is 0 Å². The number of hydrogen-bond donors (Lipinski definition) is 1. The van der Waals surface area contributed by atoms with Crippen LogP contribution < -0.4 is 5.73 Å². The number of benzene rings is 1. The van der Waals surface area contributed by atoms with Gasteiger partial charge in [0, 0.05) is 21.7 Å². The second-order valence-corrected chi connectivity index (χ2v) is 5.15. The van der Waals surface area contributed by atoms with Crippen molar-refractivity contribution in [3.63, 3.8) is 0 Å². The lowest BCUT2D eigenvalue weighted by molar-refractivity contribution is 1.11. The fraction of sp³-hybridized carbons (Fsp3) is 0.214. The third kappa shape index (κ3) is 2.47. The number of aromatic nitrogens is 1. The SMILES string of the molecule is CCc1c(N)cc(Cl)nc1-c1ccccc1SC. The smallest absolute Gasteiger partial charge is 0.131 e. The molecular formula is C14H15ClN2S. The van der Waals surface area contributed by atoms with Gasteiger partial charge in [-0.25, -0.2) is 4.98 Å². The van der Waals surface area contributed by atoms with E-state index in [1.54, 1.807) is 17.8 Å². The summed E-state index contributed by atoms with van der Waals surface area (Å²) < 4.78 is 0. The quantitative estimate of drug-likeness (QED) is 0.673. The maximum absolute atomic E-state index is 6.03. The van der Waals surface area contributed by atoms with Crippen LogP contribution in [-0.4, -0.2) is 11.2 Å². The minimum absolute atomic E-state index is 0.440. The van der Waals surface area contributed by atoms with E-state index >= 15 is 0 Å². The fourth-order valence-corrected chi connectivity index (χ4v) is 2.79. The number of pyridine rings is 1. The Hall–Kier alpha value is -1.19. The first kappa shape index (κ1) is 13.2. The van der Waals surface area contributed by atoms with Gasteiger partial charge in [-0.1, -0.05) is 36.7 Å². The van der Waals surface area contributed by atoms with Crippen molar-refractivity contribution in [2.45, 2.75) is 18.2 Å². The van der Waals surface area contributed by atoms with Gasteiger partial charge in [0.25, 0.3) is 0 Å². The molecule has 0 saturated heterocycles. The number of hydrogen-bond acceptors (Lipinski definition) is 3. The lowest BCUT2D eigenvalue weighted by Gasteiger charge is -2.13. The Labute approximate surface area is 117 Å². The van der Waals surface area contributed by atoms with E-state index in [1.807, 2.05) is 12.1 Å². The largest absolute Gasteiger partial charge is 0.398 e. The predicted molar refractivity (Wildman–Crippen MR) is 80.3 cm³/mol. The van der Waals surface area contributed by atoms with Crippen LogP contribution in [0.15, 0.2) is 35.2 Å². The summed E-state index contributed by atoms with van der Waals surface area (Å²) in [7, 11) is 0. The molecule has 0 saturated carbocycles. The molecule has 1 heterocycles. The third-order valence-corrected chi connectivity index (χ3v) is 3.83. The lowest BCUT2D eigenvalue weighted by Crippen LogP contribution is -2.00. The van der Waals surface area contributed by atoms with Gasteiger partial charge in [0.15, 0.2) is 0 Å². The summed E-state index contributed by atoms with van der Waals surface area (Å²) in [5.41, 5.74) is 9.79. The number of anilines is 1. The molecule has 94 valence electrons. The Balaban J connectivity index is 2.70. The molecule has 0 amide bonds. The molecule has 0 aliphatic heterocycles. The van der Waals surface area contributed by atoms with Crippen molar-refractivity contribution in [1.29, 1.82) is 0 Å². The minimum atomic E-state index is 0.440. The summed E-state index contributed by atoms with van der Waals surface area (Å²) in [4.78, 5) is 5.64. The van der Waals surface area contributed by atoms with Crippen molar-refractivity contribution in [2.24, 2.45) is 0 Å². The topological polar surface area (TPSA) is 38.9 Å². The van der Waals surface area contributed by atoms with Gasteiger partial charge in [0.05, 0.1) is 5.69 Å². The number of rotatable bonds is 3. The molecule has 1 aromatic carbocycles. The van der Waals surface area contributed by atoms with E-state index in [0.717, 1.165) is 23.2 Å². The highest BCUT2D eigenvalue weighted by Gasteiger charge is 2.13. The second-order valence-electron chi connectivity index (χ2n) is 3.92. The number of nitrogens with zero attached hydrogens (tertiary/aromatic N) is 1. The molecule has 0 atom stereocenters. The molecule has 0 unspecified atom stereocenters. The Morgan fingerprint density at radius 2 is 2.06 bits per heavy atom. The predicted octanol–water partition coefficient (Wildman–Crippen LogP) is 4.27. The van der Waals surface area contributed by atoms with Crippen molar-refractivity contribution in [2.75, 3.05) is 12.0 Å². The van der Waals surface area contributed by atoms with Crippen LogP contribution in [0.1, 0.15) is 12.5 Å². The van der Waals surface area contributed by atoms with E-state index in [9.17, 15) is 0 Å². The normalized spacial score (nSPS) is 10.6. The van der Waals surface area contributed by atoms with Crippen LogP contribution in [-0.2, 0) is 6.42 Å². The van der Waals surface area contributed by atoms with Crippen LogP contribution in [0.2, 0.25) is 5.15 Å². The van der Waals surface area contributed by atoms with Crippen LogP contribution >= 0.6 is 23.4 Å². The van der Waals surface area contributed by atoms with Gasteiger partial charge in [-0.3, -0.25) is 0 Å². The maximum Gasteiger partial charge on any atom is 0.131 e. The highest BCUT2D eigenvalue weighted by atomic mass is 35.5. The number of halogens is 1. The van der Waals surface area contributed by atoms with Crippen LogP contribution in [0.5, 0.6) is 0 Å². The van der Waals surface area contributed by atoms with Crippen LogP contribution in [0.3, 0.4) is 0 Å². The monoisotopic (exact) mass is 278 g/mol. The third-order valence-electron chi connectivity index (χ3n) is 2.84. The average molecular weight is 279 g/mol. The number of thioether (sulfide) groups is 1. The van der Waals surface area contributed by atoms with Gasteiger partial charge in [-0.05, 0) is 24.8 Å². The van der Waals surface area contributed by atoms with Crippen molar-refractivity contribution < 1.29 is 0 Å². The first-order valence-electron chi connectivity index (χ1n) is 5.75. The first-order valence-corrected chi connectivity index (χ1v) is 7.36. The van der Waals surface area contributed by atoms with Crippen molar-refractivity contribution in [1.82, 2.24) is 4.98 Å². The standard InChI is InChI=1S/C14H15ClN2S/c1-3-9-11(16)8-13(15)17-14(9)10-6-4-5-7-12(10)18-2/h4-8H,3H2,1-2H3,(H2,16,17). The zero-order valence-electron chi connectivity index (χ0n) is 10.4. The minimum Gasteiger partial charge on any atom is -0.398 e. The molecule has 18 heavy (non-hydrogen) atoms. The summed E-state index contributed by atoms with van der Waals surface area (Å²) in [5, 5.41) is 0.440. The maximum atomic E-state index is 6.03. The van der Waals surface area contributed by atoms with Crippen molar-refractivity contribution in [3.05, 3.63) is 41.0 Å². The summed E-state index contributed by atoms with van der Waals surface area (Å²) in [6.07, 6.45) is 2.90. The lowest BCUT2D eigenvalue weighted by atomic mass is 10.0. The molecule has 0 bridgehead atoms. The zero-order chi connectivity index (χ0) is 13.1. The van der Waals surface area contributed by atoms with Gasteiger partial charge in [-0.2, -0.15) is 0 Å². The van der Waals surface area contributed by atoms with Gasteiger partial charge in [0.1, 0.15) is 5.15 Å². The van der Waals surface area contributed by atoms with Crippen molar-refractivity contribution in [3.8, 4) is 11.3 Å². The van der Waals surface area contributed by atoms with Gasteiger partial charge in [-0.15, -0.1) is 11.8 Å². The molecular weight excluding hydrogens is 264 g/mol. The molecule has 2 nitrogen and oxygen atoms in total. The molecule has 0 radical (unpaired) electrons. The molecule has 0 fully saturated rings. The number of nitrogens with two attached hydrogens (primary N) is 1. The summed E-state index contributed by atoms with van der Waals surface area (Å²) >= 11 is 7.72. The van der Waals surface area contributed by atoms with Crippen LogP contribution in [0.4, 0.5) is 5.69 Å².